The maximum atomic E-state index is 12.1. The van der Waals surface area contributed by atoms with Crippen molar-refractivity contribution in [3.8, 4) is 5.75 Å². The van der Waals surface area contributed by atoms with Crippen LogP contribution < -0.4 is 11.1 Å². The van der Waals surface area contributed by atoms with Gasteiger partial charge in [0.05, 0.1) is 5.56 Å². The molecule has 0 heterocycles. The summed E-state index contributed by atoms with van der Waals surface area (Å²) in [6, 6.07) is 4.42. The van der Waals surface area contributed by atoms with Crippen molar-refractivity contribution in [3.05, 3.63) is 23.8 Å². The third-order valence-corrected chi connectivity index (χ3v) is 3.40. The standard InChI is InChI=1S/C13H18N2O2/c1-13(6-2-3-7-13)15-12(17)10-8-9(16)4-5-11(10)14/h4-5,8,16H,2-3,6-7,14H2,1H3,(H,15,17). The fraction of sp³-hybridized carbons (Fsp3) is 0.462. The normalized spacial score (nSPS) is 17.9. The van der Waals surface area contributed by atoms with Crippen molar-refractivity contribution in [1.29, 1.82) is 0 Å². The van der Waals surface area contributed by atoms with Gasteiger partial charge in [0.25, 0.3) is 5.91 Å². The molecule has 2 rings (SSSR count). The minimum absolute atomic E-state index is 0.0564. The summed E-state index contributed by atoms with van der Waals surface area (Å²) in [7, 11) is 0. The molecule has 1 aromatic carbocycles. The molecule has 0 aliphatic heterocycles. The second-order valence-electron chi connectivity index (χ2n) is 4.99. The number of anilines is 1. The molecule has 0 spiro atoms. The lowest BCUT2D eigenvalue weighted by atomic mass is 9.99. The lowest BCUT2D eigenvalue weighted by Crippen LogP contribution is -2.43. The highest BCUT2D eigenvalue weighted by molar-refractivity contribution is 5.99. The lowest BCUT2D eigenvalue weighted by Gasteiger charge is -2.25. The predicted molar refractivity (Wildman–Crippen MR) is 66.9 cm³/mol. The van der Waals surface area contributed by atoms with Crippen LogP contribution in [-0.4, -0.2) is 16.6 Å². The average Bonchev–Trinajstić information content (AvgIpc) is 2.68. The molecular weight excluding hydrogens is 216 g/mol. The van der Waals surface area contributed by atoms with Crippen LogP contribution in [0.2, 0.25) is 0 Å². The first kappa shape index (κ1) is 11.8. The Morgan fingerprint density at radius 3 is 2.71 bits per heavy atom. The lowest BCUT2D eigenvalue weighted by molar-refractivity contribution is 0.0908. The van der Waals surface area contributed by atoms with Gasteiger partial charge in [-0.3, -0.25) is 4.79 Å². The minimum Gasteiger partial charge on any atom is -0.508 e. The van der Waals surface area contributed by atoms with Crippen LogP contribution in [0.25, 0.3) is 0 Å². The van der Waals surface area contributed by atoms with Crippen molar-refractivity contribution in [3.63, 3.8) is 0 Å². The van der Waals surface area contributed by atoms with E-state index in [4.69, 9.17) is 5.73 Å². The maximum Gasteiger partial charge on any atom is 0.253 e. The smallest absolute Gasteiger partial charge is 0.253 e. The van der Waals surface area contributed by atoms with E-state index in [1.165, 1.54) is 12.1 Å². The number of rotatable bonds is 2. The summed E-state index contributed by atoms with van der Waals surface area (Å²) in [6.07, 6.45) is 4.29. The molecule has 17 heavy (non-hydrogen) atoms. The van der Waals surface area contributed by atoms with Gasteiger partial charge < -0.3 is 16.2 Å². The molecule has 4 heteroatoms. The van der Waals surface area contributed by atoms with Crippen molar-refractivity contribution in [2.24, 2.45) is 0 Å². The Kier molecular flexibility index (Phi) is 2.96. The van der Waals surface area contributed by atoms with E-state index in [1.807, 2.05) is 0 Å². The number of phenols is 1. The van der Waals surface area contributed by atoms with Crippen LogP contribution in [0.1, 0.15) is 43.0 Å². The van der Waals surface area contributed by atoms with Crippen LogP contribution in [0.3, 0.4) is 0 Å². The Labute approximate surface area is 101 Å². The van der Waals surface area contributed by atoms with Gasteiger partial charge in [-0.15, -0.1) is 0 Å². The Balaban J connectivity index is 2.17. The Bertz CT molecular complexity index is 437. The second-order valence-corrected chi connectivity index (χ2v) is 4.99. The molecule has 0 aromatic heterocycles. The van der Waals surface area contributed by atoms with Crippen LogP contribution in [0.15, 0.2) is 18.2 Å². The van der Waals surface area contributed by atoms with Crippen molar-refractivity contribution in [1.82, 2.24) is 5.32 Å². The van der Waals surface area contributed by atoms with Crippen LogP contribution in [0.5, 0.6) is 5.75 Å². The first-order valence-electron chi connectivity index (χ1n) is 5.91. The summed E-state index contributed by atoms with van der Waals surface area (Å²) in [6.45, 7) is 2.05. The molecule has 0 unspecified atom stereocenters. The fourth-order valence-corrected chi connectivity index (χ4v) is 2.36. The number of phenolic OH excluding ortho intramolecular Hbond substituents is 1. The Hall–Kier alpha value is -1.71. The number of benzene rings is 1. The molecule has 0 saturated heterocycles. The Morgan fingerprint density at radius 2 is 2.06 bits per heavy atom. The topological polar surface area (TPSA) is 75.3 Å². The van der Waals surface area contributed by atoms with Gasteiger partial charge in [0.2, 0.25) is 0 Å². The molecule has 1 aliphatic rings. The molecule has 4 nitrogen and oxygen atoms in total. The zero-order valence-corrected chi connectivity index (χ0v) is 9.99. The van der Waals surface area contributed by atoms with Gasteiger partial charge >= 0.3 is 0 Å². The van der Waals surface area contributed by atoms with Gasteiger partial charge in [0, 0.05) is 11.2 Å². The summed E-state index contributed by atoms with van der Waals surface area (Å²) >= 11 is 0. The highest BCUT2D eigenvalue weighted by atomic mass is 16.3. The minimum atomic E-state index is -0.206. The van der Waals surface area contributed by atoms with E-state index in [-0.39, 0.29) is 17.2 Å². The highest BCUT2D eigenvalue weighted by Crippen LogP contribution is 2.29. The highest BCUT2D eigenvalue weighted by Gasteiger charge is 2.30. The van der Waals surface area contributed by atoms with Gasteiger partial charge in [0.15, 0.2) is 0 Å². The van der Waals surface area contributed by atoms with Crippen molar-refractivity contribution in [2.75, 3.05) is 5.73 Å². The summed E-state index contributed by atoms with van der Waals surface area (Å²) in [4.78, 5) is 12.1. The first-order valence-corrected chi connectivity index (χ1v) is 5.91. The number of aromatic hydroxyl groups is 1. The zero-order valence-electron chi connectivity index (χ0n) is 9.99. The average molecular weight is 234 g/mol. The maximum absolute atomic E-state index is 12.1. The van der Waals surface area contributed by atoms with Gasteiger partial charge in [-0.1, -0.05) is 12.8 Å². The number of carbonyl (C=O) groups is 1. The Morgan fingerprint density at radius 1 is 1.41 bits per heavy atom. The van der Waals surface area contributed by atoms with Gasteiger partial charge in [0.1, 0.15) is 5.75 Å². The van der Waals surface area contributed by atoms with Crippen LogP contribution in [0.4, 0.5) is 5.69 Å². The largest absolute Gasteiger partial charge is 0.508 e. The van der Waals surface area contributed by atoms with E-state index < -0.39 is 0 Å². The summed E-state index contributed by atoms with van der Waals surface area (Å²) in [5.74, 6) is -0.149. The second kappa shape index (κ2) is 4.28. The predicted octanol–water partition coefficient (Wildman–Crippen LogP) is 2.04. The number of amides is 1. The quantitative estimate of drug-likeness (QED) is 0.541. The molecule has 0 radical (unpaired) electrons. The molecular formula is C13H18N2O2. The third-order valence-electron chi connectivity index (χ3n) is 3.40. The summed E-state index contributed by atoms with van der Waals surface area (Å²) < 4.78 is 0. The van der Waals surface area contributed by atoms with Crippen LogP contribution >= 0.6 is 0 Å². The van der Waals surface area contributed by atoms with Gasteiger partial charge in [-0.25, -0.2) is 0 Å². The molecule has 4 N–H and O–H groups in total. The number of nitrogens with one attached hydrogen (secondary N) is 1. The van der Waals surface area contributed by atoms with Crippen molar-refractivity contribution >= 4 is 11.6 Å². The number of nitrogen functional groups attached to an aromatic ring is 1. The number of hydrogen-bond acceptors (Lipinski definition) is 3. The van der Waals surface area contributed by atoms with E-state index in [9.17, 15) is 9.90 Å². The number of carbonyl (C=O) groups excluding carboxylic acids is 1. The van der Waals surface area contributed by atoms with E-state index in [0.29, 0.717) is 11.3 Å². The zero-order chi connectivity index (χ0) is 12.5. The van der Waals surface area contributed by atoms with E-state index in [2.05, 4.69) is 12.2 Å². The monoisotopic (exact) mass is 234 g/mol. The van der Waals surface area contributed by atoms with Gasteiger partial charge in [-0.05, 0) is 38.0 Å². The van der Waals surface area contributed by atoms with E-state index in [0.717, 1.165) is 25.7 Å². The third kappa shape index (κ3) is 2.52. The molecule has 0 bridgehead atoms. The molecule has 92 valence electrons. The molecule has 1 aliphatic carbocycles. The fourth-order valence-electron chi connectivity index (χ4n) is 2.36. The van der Waals surface area contributed by atoms with E-state index in [1.54, 1.807) is 6.07 Å². The van der Waals surface area contributed by atoms with E-state index >= 15 is 0 Å². The summed E-state index contributed by atoms with van der Waals surface area (Å²) in [5, 5.41) is 12.4. The van der Waals surface area contributed by atoms with Crippen molar-refractivity contribution < 1.29 is 9.90 Å². The van der Waals surface area contributed by atoms with Crippen LogP contribution in [0, 0.1) is 0 Å². The molecule has 0 atom stereocenters. The number of hydrogen-bond donors (Lipinski definition) is 3. The number of nitrogens with two attached hydrogens (primary N) is 1. The van der Waals surface area contributed by atoms with Crippen molar-refractivity contribution in [2.45, 2.75) is 38.1 Å². The molecule has 1 saturated carbocycles. The van der Waals surface area contributed by atoms with Gasteiger partial charge in [-0.2, -0.15) is 0 Å². The summed E-state index contributed by atoms with van der Waals surface area (Å²) in [5.41, 5.74) is 6.34. The SMILES string of the molecule is CC1(NC(=O)c2cc(O)ccc2N)CCCC1. The molecule has 1 aromatic rings. The van der Waals surface area contributed by atoms with Crippen LogP contribution in [-0.2, 0) is 0 Å². The first-order chi connectivity index (χ1) is 8.00. The molecule has 1 fully saturated rings. The molecule has 1 amide bonds.